The molecule has 1 fully saturated rings. The molecule has 0 saturated carbocycles. The highest BCUT2D eigenvalue weighted by atomic mass is 16.5. The second-order valence-electron chi connectivity index (χ2n) is 7.80. The van der Waals surface area contributed by atoms with Gasteiger partial charge in [0.2, 0.25) is 0 Å². The molecule has 2 N–H and O–H groups in total. The van der Waals surface area contributed by atoms with Crippen molar-refractivity contribution in [2.75, 3.05) is 32.6 Å². The van der Waals surface area contributed by atoms with E-state index in [1.807, 2.05) is 31.2 Å². The zero-order valence-corrected chi connectivity index (χ0v) is 17.9. The maximum Gasteiger partial charge on any atom is 0.321 e. The van der Waals surface area contributed by atoms with Crippen LogP contribution < -0.4 is 20.1 Å². The molecule has 0 bridgehead atoms. The molecule has 1 saturated heterocycles. The van der Waals surface area contributed by atoms with Gasteiger partial charge in [-0.25, -0.2) is 4.79 Å². The summed E-state index contributed by atoms with van der Waals surface area (Å²) in [6.45, 7) is 2.97. The summed E-state index contributed by atoms with van der Waals surface area (Å²) in [5.74, 6) is 1.01. The number of ether oxygens (including phenoxy) is 2. The van der Waals surface area contributed by atoms with Crippen molar-refractivity contribution in [3.05, 3.63) is 53.6 Å². The van der Waals surface area contributed by atoms with E-state index >= 15 is 0 Å². The highest BCUT2D eigenvalue weighted by molar-refractivity contribution is 6.46. The minimum Gasteiger partial charge on any atom is -0.497 e. The number of carbonyl (C=O) groups excluding carboxylic acids is 2. The number of nitrogens with one attached hydrogen (secondary N) is 2. The quantitative estimate of drug-likeness (QED) is 0.792. The lowest BCUT2D eigenvalue weighted by atomic mass is 9.98. The number of rotatable bonds is 4. The van der Waals surface area contributed by atoms with Crippen LogP contribution in [0.15, 0.2) is 47.5 Å². The first-order chi connectivity index (χ1) is 14.9. The third-order valence-electron chi connectivity index (χ3n) is 5.74. The second kappa shape index (κ2) is 8.29. The van der Waals surface area contributed by atoms with Crippen LogP contribution in [0, 0.1) is 6.92 Å². The van der Waals surface area contributed by atoms with Crippen LogP contribution in [-0.4, -0.2) is 55.5 Å². The van der Waals surface area contributed by atoms with Crippen molar-refractivity contribution >= 4 is 23.3 Å². The van der Waals surface area contributed by atoms with Crippen molar-refractivity contribution in [3.63, 3.8) is 0 Å². The Bertz CT molecular complexity index is 1020. The van der Waals surface area contributed by atoms with Crippen LogP contribution in [-0.2, 0) is 4.79 Å². The Balaban J connectivity index is 1.42. The van der Waals surface area contributed by atoms with Crippen LogP contribution in [0.1, 0.15) is 24.0 Å². The minimum atomic E-state index is -0.647. The zero-order chi connectivity index (χ0) is 22.0. The highest BCUT2D eigenvalue weighted by Crippen LogP contribution is 2.31. The molecular weight excluding hydrogens is 396 g/mol. The third-order valence-corrected chi connectivity index (χ3v) is 5.74. The van der Waals surface area contributed by atoms with Gasteiger partial charge in [0.15, 0.2) is 0 Å². The van der Waals surface area contributed by atoms with Crippen LogP contribution in [0.3, 0.4) is 0 Å². The third kappa shape index (κ3) is 4.19. The fourth-order valence-corrected chi connectivity index (χ4v) is 3.88. The maximum atomic E-state index is 12.8. The number of nitrogens with zero attached hydrogens (tertiary/aromatic N) is 2. The summed E-state index contributed by atoms with van der Waals surface area (Å²) in [5, 5.41) is 5.93. The Morgan fingerprint density at radius 3 is 2.45 bits per heavy atom. The van der Waals surface area contributed by atoms with E-state index in [2.05, 4.69) is 10.6 Å². The average Bonchev–Trinajstić information content (AvgIpc) is 3.10. The molecule has 4 rings (SSSR count). The van der Waals surface area contributed by atoms with Crippen LogP contribution in [0.25, 0.3) is 0 Å². The average molecular weight is 422 g/mol. The van der Waals surface area contributed by atoms with Crippen LogP contribution >= 0.6 is 0 Å². The highest BCUT2D eigenvalue weighted by Gasteiger charge is 2.42. The second-order valence-corrected chi connectivity index (χ2v) is 7.80. The standard InChI is InChI=1S/C23H26N4O4/c1-15-4-6-16(7-5-15)20-21(28)26-23(25-20)10-12-27(13-11-23)22(29)24-18-9-8-17(30-2)14-19(18)31-3/h4-9,14H,10-13H2,1-3H3,(H,24,29)(H,26,28). The van der Waals surface area contributed by atoms with Gasteiger partial charge in [0.25, 0.3) is 5.91 Å². The molecule has 2 aromatic carbocycles. The predicted octanol–water partition coefficient (Wildman–Crippen LogP) is 2.96. The molecule has 2 aromatic rings. The Morgan fingerprint density at radius 1 is 1.10 bits per heavy atom. The van der Waals surface area contributed by atoms with E-state index in [9.17, 15) is 9.59 Å². The number of urea groups is 1. The van der Waals surface area contributed by atoms with Crippen molar-refractivity contribution in [3.8, 4) is 11.5 Å². The molecule has 8 nitrogen and oxygen atoms in total. The molecule has 2 heterocycles. The number of aliphatic imine (C=N–C) groups is 1. The van der Waals surface area contributed by atoms with Crippen molar-refractivity contribution in [1.29, 1.82) is 0 Å². The van der Waals surface area contributed by atoms with Crippen molar-refractivity contribution < 1.29 is 19.1 Å². The summed E-state index contributed by atoms with van der Waals surface area (Å²) in [4.78, 5) is 31.8. The number of benzene rings is 2. The summed E-state index contributed by atoms with van der Waals surface area (Å²) in [7, 11) is 3.12. The molecule has 0 unspecified atom stereocenters. The number of methoxy groups -OCH3 is 2. The van der Waals surface area contributed by atoms with E-state index in [0.29, 0.717) is 48.8 Å². The van der Waals surface area contributed by atoms with Crippen LogP contribution in [0.5, 0.6) is 11.5 Å². The van der Waals surface area contributed by atoms with Gasteiger partial charge in [0, 0.05) is 37.6 Å². The number of anilines is 1. The number of carbonyl (C=O) groups is 2. The Morgan fingerprint density at radius 2 is 1.81 bits per heavy atom. The summed E-state index contributed by atoms with van der Waals surface area (Å²) >= 11 is 0. The number of hydrogen-bond donors (Lipinski definition) is 2. The summed E-state index contributed by atoms with van der Waals surface area (Å²) in [5.41, 5.74) is 2.33. The van der Waals surface area contributed by atoms with Gasteiger partial charge in [-0.3, -0.25) is 9.79 Å². The largest absolute Gasteiger partial charge is 0.497 e. The number of likely N-dealkylation sites (tertiary alicyclic amines) is 1. The van der Waals surface area contributed by atoms with E-state index in [4.69, 9.17) is 14.5 Å². The van der Waals surface area contributed by atoms with Crippen molar-refractivity contribution in [2.24, 2.45) is 4.99 Å². The predicted molar refractivity (Wildman–Crippen MR) is 118 cm³/mol. The molecular formula is C23H26N4O4. The van der Waals surface area contributed by atoms with Crippen molar-refractivity contribution in [2.45, 2.75) is 25.4 Å². The van der Waals surface area contributed by atoms with Gasteiger partial charge in [-0.15, -0.1) is 0 Å². The summed E-state index contributed by atoms with van der Waals surface area (Å²) in [6.07, 6.45) is 1.11. The first kappa shape index (κ1) is 20.7. The Kier molecular flexibility index (Phi) is 5.54. The molecule has 8 heteroatoms. The molecule has 0 aliphatic carbocycles. The van der Waals surface area contributed by atoms with Gasteiger partial charge in [0.05, 0.1) is 19.9 Å². The molecule has 0 aromatic heterocycles. The van der Waals surface area contributed by atoms with Crippen LogP contribution in [0.2, 0.25) is 0 Å². The van der Waals surface area contributed by atoms with Gasteiger partial charge >= 0.3 is 6.03 Å². The topological polar surface area (TPSA) is 92.3 Å². The van der Waals surface area contributed by atoms with Crippen molar-refractivity contribution in [1.82, 2.24) is 10.2 Å². The van der Waals surface area contributed by atoms with E-state index in [1.165, 1.54) is 0 Å². The van der Waals surface area contributed by atoms with E-state index in [1.54, 1.807) is 37.3 Å². The van der Waals surface area contributed by atoms with Gasteiger partial charge in [-0.05, 0) is 19.1 Å². The van der Waals surface area contributed by atoms with E-state index in [0.717, 1.165) is 11.1 Å². The zero-order valence-electron chi connectivity index (χ0n) is 17.9. The lowest BCUT2D eigenvalue weighted by molar-refractivity contribution is -0.115. The molecule has 0 radical (unpaired) electrons. The first-order valence-corrected chi connectivity index (χ1v) is 10.2. The first-order valence-electron chi connectivity index (χ1n) is 10.2. The lowest BCUT2D eigenvalue weighted by Gasteiger charge is -2.37. The van der Waals surface area contributed by atoms with Gasteiger partial charge in [-0.2, -0.15) is 0 Å². The maximum absolute atomic E-state index is 12.8. The van der Waals surface area contributed by atoms with Gasteiger partial charge in [0.1, 0.15) is 22.9 Å². The van der Waals surface area contributed by atoms with Crippen LogP contribution in [0.4, 0.5) is 10.5 Å². The molecule has 2 aliphatic rings. The molecule has 0 atom stereocenters. The summed E-state index contributed by atoms with van der Waals surface area (Å²) < 4.78 is 10.5. The minimum absolute atomic E-state index is 0.162. The fourth-order valence-electron chi connectivity index (χ4n) is 3.88. The van der Waals surface area contributed by atoms with E-state index < -0.39 is 5.66 Å². The number of piperidine rings is 1. The number of amides is 3. The molecule has 162 valence electrons. The number of hydrogen-bond acceptors (Lipinski definition) is 5. The van der Waals surface area contributed by atoms with Gasteiger partial charge in [-0.1, -0.05) is 29.8 Å². The monoisotopic (exact) mass is 422 g/mol. The van der Waals surface area contributed by atoms with Gasteiger partial charge < -0.3 is 25.0 Å². The molecule has 31 heavy (non-hydrogen) atoms. The van der Waals surface area contributed by atoms with E-state index in [-0.39, 0.29) is 11.9 Å². The molecule has 3 amide bonds. The Hall–Kier alpha value is -3.55. The fraction of sp³-hybridized carbons (Fsp3) is 0.348. The molecule has 1 spiro atoms. The Labute approximate surface area is 181 Å². The SMILES string of the molecule is COc1ccc(NC(=O)N2CCC3(CC2)N=C(c2ccc(C)cc2)C(=O)N3)c(OC)c1. The lowest BCUT2D eigenvalue weighted by Crippen LogP contribution is -2.53. The smallest absolute Gasteiger partial charge is 0.321 e. The molecule has 2 aliphatic heterocycles. The summed E-state index contributed by atoms with van der Waals surface area (Å²) in [6, 6.07) is 12.8. The number of aryl methyl sites for hydroxylation is 1. The normalized spacial score (nSPS) is 17.2.